The van der Waals surface area contributed by atoms with Gasteiger partial charge in [0.1, 0.15) is 12.4 Å². The van der Waals surface area contributed by atoms with Crippen LogP contribution >= 0.6 is 0 Å². The molecule has 170 valence electrons. The molecule has 2 aromatic rings. The zero-order valence-electron chi connectivity index (χ0n) is 18.1. The molecular formula is C26H26N2O5. The summed E-state index contributed by atoms with van der Waals surface area (Å²) in [6, 6.07) is 16.9. The number of carboxylic acid groups (broad SMARTS) is 1. The fourth-order valence-electron chi connectivity index (χ4n) is 3.60. The lowest BCUT2D eigenvalue weighted by molar-refractivity contribution is -0.151. The van der Waals surface area contributed by atoms with Crippen LogP contribution < -0.4 is 10.2 Å². The largest absolute Gasteiger partial charge is 0.492 e. The molecule has 2 aromatic carbocycles. The third kappa shape index (κ3) is 6.11. The van der Waals surface area contributed by atoms with Gasteiger partial charge in [0.05, 0.1) is 13.2 Å². The van der Waals surface area contributed by atoms with Crippen LogP contribution in [0.3, 0.4) is 0 Å². The summed E-state index contributed by atoms with van der Waals surface area (Å²) >= 11 is 0. The van der Waals surface area contributed by atoms with Crippen molar-refractivity contribution in [2.75, 3.05) is 13.2 Å². The van der Waals surface area contributed by atoms with Crippen molar-refractivity contribution in [1.29, 1.82) is 0 Å². The van der Waals surface area contributed by atoms with E-state index in [0.29, 0.717) is 30.9 Å². The topological polar surface area (TPSA) is 88.1 Å². The number of carbonyl (C=O) groups excluding carboxylic acids is 1. The average Bonchev–Trinajstić information content (AvgIpc) is 2.83. The molecule has 0 amide bonds. The minimum absolute atomic E-state index is 0.114. The van der Waals surface area contributed by atoms with Gasteiger partial charge in [-0.05, 0) is 23.3 Å². The molecule has 7 heteroatoms. The van der Waals surface area contributed by atoms with Gasteiger partial charge < -0.3 is 20.0 Å². The highest BCUT2D eigenvalue weighted by molar-refractivity contribution is 6.02. The van der Waals surface area contributed by atoms with Gasteiger partial charge >= 0.3 is 5.97 Å². The van der Waals surface area contributed by atoms with Crippen LogP contribution in [-0.4, -0.2) is 41.1 Å². The van der Waals surface area contributed by atoms with E-state index < -0.39 is 12.1 Å². The maximum atomic E-state index is 11.9. The first-order valence-corrected chi connectivity index (χ1v) is 10.8. The number of aliphatic carboxylic acids is 1. The van der Waals surface area contributed by atoms with Crippen LogP contribution in [0.5, 0.6) is 5.75 Å². The second kappa shape index (κ2) is 10.7. The number of rotatable bonds is 10. The van der Waals surface area contributed by atoms with Crippen molar-refractivity contribution in [2.45, 2.75) is 25.6 Å². The van der Waals surface area contributed by atoms with Gasteiger partial charge in [0.15, 0.2) is 11.9 Å². The molecule has 1 unspecified atom stereocenters. The number of ketones is 1. The van der Waals surface area contributed by atoms with Crippen LogP contribution in [0.1, 0.15) is 17.5 Å². The Kier molecular flexibility index (Phi) is 7.22. The van der Waals surface area contributed by atoms with Gasteiger partial charge in [-0.1, -0.05) is 54.6 Å². The minimum atomic E-state index is -0.985. The second-order valence-electron chi connectivity index (χ2n) is 7.81. The van der Waals surface area contributed by atoms with Crippen molar-refractivity contribution >= 4 is 11.8 Å². The molecule has 4 rings (SSSR count). The van der Waals surface area contributed by atoms with Crippen LogP contribution in [0.25, 0.3) is 0 Å². The lowest BCUT2D eigenvalue weighted by Crippen LogP contribution is -2.37. The Hall–Kier alpha value is -3.84. The molecule has 0 radical (unpaired) electrons. The summed E-state index contributed by atoms with van der Waals surface area (Å²) in [7, 11) is 0. The van der Waals surface area contributed by atoms with Crippen molar-refractivity contribution < 1.29 is 24.2 Å². The van der Waals surface area contributed by atoms with Gasteiger partial charge in [0.2, 0.25) is 0 Å². The third-order valence-corrected chi connectivity index (χ3v) is 5.40. The first-order chi connectivity index (χ1) is 16.1. The summed E-state index contributed by atoms with van der Waals surface area (Å²) in [6.07, 6.45) is 7.24. The lowest BCUT2D eigenvalue weighted by Gasteiger charge is -2.27. The Morgan fingerprint density at radius 2 is 1.88 bits per heavy atom. The van der Waals surface area contributed by atoms with Crippen molar-refractivity contribution in [3.05, 3.63) is 101 Å². The fourth-order valence-corrected chi connectivity index (χ4v) is 3.60. The van der Waals surface area contributed by atoms with Gasteiger partial charge in [-0.2, -0.15) is 0 Å². The van der Waals surface area contributed by atoms with E-state index >= 15 is 0 Å². The Morgan fingerprint density at radius 3 is 2.64 bits per heavy atom. The van der Waals surface area contributed by atoms with E-state index in [1.165, 1.54) is 0 Å². The highest BCUT2D eigenvalue weighted by Crippen LogP contribution is 2.22. The van der Waals surface area contributed by atoms with Gasteiger partial charge in [-0.15, -0.1) is 0 Å². The number of allylic oxidation sites excluding steroid dienone is 4. The average molecular weight is 447 g/mol. The molecular weight excluding hydrogens is 420 g/mol. The summed E-state index contributed by atoms with van der Waals surface area (Å²) in [5.74, 6) is -0.173. The van der Waals surface area contributed by atoms with E-state index in [1.807, 2.05) is 78.0 Å². The summed E-state index contributed by atoms with van der Waals surface area (Å²) in [4.78, 5) is 23.5. The number of fused-ring (bicyclic) bond motifs is 1. The van der Waals surface area contributed by atoms with E-state index in [4.69, 9.17) is 9.47 Å². The number of carbonyl (C=O) groups is 2. The minimum Gasteiger partial charge on any atom is -0.492 e. The number of hydrazine groups is 1. The number of hydrogen-bond acceptors (Lipinski definition) is 6. The van der Waals surface area contributed by atoms with E-state index in [1.54, 1.807) is 6.20 Å². The molecule has 0 spiro atoms. The number of nitrogens with zero attached hydrogens (tertiary/aromatic N) is 1. The number of carboxylic acids is 1. The van der Waals surface area contributed by atoms with E-state index in [2.05, 4.69) is 5.43 Å². The maximum absolute atomic E-state index is 11.9. The molecule has 0 aromatic heterocycles. The van der Waals surface area contributed by atoms with Crippen molar-refractivity contribution in [3.63, 3.8) is 0 Å². The summed E-state index contributed by atoms with van der Waals surface area (Å²) in [5, 5.41) is 11.4. The zero-order chi connectivity index (χ0) is 23.0. The van der Waals surface area contributed by atoms with Crippen LogP contribution in [-0.2, 0) is 27.4 Å². The van der Waals surface area contributed by atoms with Crippen molar-refractivity contribution in [3.8, 4) is 5.75 Å². The molecule has 2 aliphatic rings. The summed E-state index contributed by atoms with van der Waals surface area (Å²) in [5.41, 5.74) is 6.49. The smallest absolute Gasteiger partial charge is 0.333 e. The first-order valence-electron chi connectivity index (χ1n) is 10.8. The Bertz CT molecular complexity index is 1070. The van der Waals surface area contributed by atoms with E-state index in [-0.39, 0.29) is 18.8 Å². The fraction of sp³-hybridized carbons (Fsp3) is 0.231. The quantitative estimate of drug-likeness (QED) is 0.578. The predicted molar refractivity (Wildman–Crippen MR) is 123 cm³/mol. The van der Waals surface area contributed by atoms with E-state index in [9.17, 15) is 14.7 Å². The molecule has 0 fully saturated rings. The SMILES string of the molecule is O=C1CC=CC2=CN(CCOc3ccc(CC(OCc4ccccc4)C(=O)O)cc3)NC=C12. The van der Waals surface area contributed by atoms with Gasteiger partial charge in [-0.3, -0.25) is 9.80 Å². The molecule has 0 bridgehead atoms. The number of benzene rings is 2. The third-order valence-electron chi connectivity index (χ3n) is 5.40. The zero-order valence-corrected chi connectivity index (χ0v) is 18.1. The molecule has 1 atom stereocenters. The molecule has 33 heavy (non-hydrogen) atoms. The van der Waals surface area contributed by atoms with Crippen LogP contribution in [0.2, 0.25) is 0 Å². The standard InChI is InChI=1S/C26H26N2O5/c29-24-8-4-7-21-17-28(27-16-23(21)24)13-14-32-22-11-9-19(10-12-22)15-25(26(30)31)33-18-20-5-2-1-3-6-20/h1-7,9-12,16-17,25,27H,8,13-15,18H2,(H,30,31). The number of Topliss-reactive ketones (excluding diaryl/α,β-unsaturated/α-hetero) is 1. The van der Waals surface area contributed by atoms with Crippen LogP contribution in [0.15, 0.2) is 90.3 Å². The molecule has 7 nitrogen and oxygen atoms in total. The Morgan fingerprint density at radius 1 is 1.09 bits per heavy atom. The van der Waals surface area contributed by atoms with E-state index in [0.717, 1.165) is 16.7 Å². The molecule has 1 aliphatic heterocycles. The lowest BCUT2D eigenvalue weighted by atomic mass is 9.95. The van der Waals surface area contributed by atoms with Crippen molar-refractivity contribution in [2.24, 2.45) is 0 Å². The van der Waals surface area contributed by atoms with Gasteiger partial charge in [0.25, 0.3) is 0 Å². The highest BCUT2D eigenvalue weighted by Gasteiger charge is 2.20. The monoisotopic (exact) mass is 446 g/mol. The van der Waals surface area contributed by atoms with Gasteiger partial charge in [0, 0.05) is 36.4 Å². The molecule has 1 aliphatic carbocycles. The number of hydrogen-bond donors (Lipinski definition) is 2. The van der Waals surface area contributed by atoms with Gasteiger partial charge in [-0.25, -0.2) is 4.79 Å². The molecule has 1 heterocycles. The first kappa shape index (κ1) is 22.4. The second-order valence-corrected chi connectivity index (χ2v) is 7.81. The summed E-state index contributed by atoms with van der Waals surface area (Å²) in [6.45, 7) is 1.28. The Labute approximate surface area is 192 Å². The summed E-state index contributed by atoms with van der Waals surface area (Å²) < 4.78 is 11.4. The van der Waals surface area contributed by atoms with Crippen molar-refractivity contribution in [1.82, 2.24) is 10.4 Å². The number of ether oxygens (including phenoxy) is 2. The molecule has 0 saturated heterocycles. The number of nitrogens with one attached hydrogen (secondary N) is 1. The van der Waals surface area contributed by atoms with Crippen LogP contribution in [0.4, 0.5) is 0 Å². The highest BCUT2D eigenvalue weighted by atomic mass is 16.5. The van der Waals surface area contributed by atoms with Crippen LogP contribution in [0, 0.1) is 0 Å². The molecule has 2 N–H and O–H groups in total. The normalized spacial score (nSPS) is 15.8. The molecule has 0 saturated carbocycles. The predicted octanol–water partition coefficient (Wildman–Crippen LogP) is 3.39. The Balaban J connectivity index is 1.24. The maximum Gasteiger partial charge on any atom is 0.333 e.